The number of phosphoric ester groups is 2. The van der Waals surface area contributed by atoms with Gasteiger partial charge in [0.25, 0.3) is 0 Å². The Kier molecular flexibility index (Phi) is 11.9. The molecule has 1 amide bonds. The van der Waals surface area contributed by atoms with Crippen LogP contribution in [0.2, 0.25) is 0 Å². The van der Waals surface area contributed by atoms with Crippen molar-refractivity contribution in [1.29, 1.82) is 0 Å². The number of amides is 1. The topological polar surface area (TPSA) is 195 Å². The van der Waals surface area contributed by atoms with Crippen LogP contribution in [0.5, 0.6) is 0 Å². The highest BCUT2D eigenvalue weighted by molar-refractivity contribution is 7.61. The van der Waals surface area contributed by atoms with Gasteiger partial charge in [-0.1, -0.05) is 37.8 Å². The fourth-order valence-electron chi connectivity index (χ4n) is 9.36. The van der Waals surface area contributed by atoms with E-state index in [1.54, 1.807) is 13.0 Å². The Balaban J connectivity index is 1.12. The third-order valence-electron chi connectivity index (χ3n) is 11.5. The Morgan fingerprint density at radius 1 is 1.08 bits per heavy atom. The largest absolute Gasteiger partial charge is 0.481 e. The molecule has 0 bridgehead atoms. The maximum Gasteiger partial charge on any atom is 0.481 e. The fourth-order valence-corrected chi connectivity index (χ4v) is 11.4. The number of rotatable bonds is 13. The summed E-state index contributed by atoms with van der Waals surface area (Å²) in [5, 5.41) is 13.9. The van der Waals surface area contributed by atoms with E-state index in [2.05, 4.69) is 21.5 Å². The zero-order valence-electron chi connectivity index (χ0n) is 28.7. The van der Waals surface area contributed by atoms with Crippen LogP contribution in [0, 0.1) is 46.3 Å². The van der Waals surface area contributed by atoms with Crippen molar-refractivity contribution in [1.82, 2.24) is 5.32 Å². The zero-order chi connectivity index (χ0) is 36.5. The van der Waals surface area contributed by atoms with Gasteiger partial charge in [-0.25, -0.2) is 13.5 Å². The molecule has 50 heavy (non-hydrogen) atoms. The van der Waals surface area contributed by atoms with Crippen LogP contribution in [0.25, 0.3) is 0 Å². The van der Waals surface area contributed by atoms with Crippen LogP contribution >= 0.6 is 15.6 Å². The summed E-state index contributed by atoms with van der Waals surface area (Å²) >= 11 is 0. The van der Waals surface area contributed by atoms with E-state index < -0.39 is 75.0 Å². The number of hydrogen-bond acceptors (Lipinski definition) is 10. The number of halogens is 1. The molecule has 278 valence electrons. The van der Waals surface area contributed by atoms with Gasteiger partial charge in [0.1, 0.15) is 19.3 Å². The second-order valence-corrected chi connectivity index (χ2v) is 17.7. The van der Waals surface area contributed by atoms with Crippen molar-refractivity contribution < 1.29 is 60.9 Å². The third-order valence-corrected chi connectivity index (χ3v) is 14.1. The van der Waals surface area contributed by atoms with E-state index in [0.717, 1.165) is 25.7 Å². The monoisotopic (exact) mass is 743 g/mol. The second kappa shape index (κ2) is 15.1. The molecular formula is C34H48FNO12P2. The van der Waals surface area contributed by atoms with E-state index in [9.17, 15) is 38.4 Å². The van der Waals surface area contributed by atoms with Crippen molar-refractivity contribution in [2.45, 2.75) is 96.4 Å². The minimum absolute atomic E-state index is 0.0552. The van der Waals surface area contributed by atoms with Crippen molar-refractivity contribution in [2.24, 2.45) is 34.5 Å². The van der Waals surface area contributed by atoms with Gasteiger partial charge in [-0.05, 0) is 81.3 Å². The van der Waals surface area contributed by atoms with Gasteiger partial charge >= 0.3 is 15.6 Å². The predicted molar refractivity (Wildman–Crippen MR) is 178 cm³/mol. The Morgan fingerprint density at radius 3 is 2.58 bits per heavy atom. The van der Waals surface area contributed by atoms with Gasteiger partial charge < -0.3 is 24.9 Å². The molecule has 5 aliphatic carbocycles. The van der Waals surface area contributed by atoms with Gasteiger partial charge in [0.15, 0.2) is 17.2 Å². The van der Waals surface area contributed by atoms with Crippen LogP contribution in [-0.2, 0) is 41.6 Å². The predicted octanol–water partition coefficient (Wildman–Crippen LogP) is 4.51. The van der Waals surface area contributed by atoms with Crippen molar-refractivity contribution in [3.05, 3.63) is 23.8 Å². The van der Waals surface area contributed by atoms with Crippen LogP contribution in [0.1, 0.15) is 78.6 Å². The minimum Gasteiger partial charge on any atom is -0.390 e. The molecule has 0 aromatic rings. The van der Waals surface area contributed by atoms with E-state index in [4.69, 9.17) is 13.8 Å². The SMILES string of the molecule is C[C@@H]1C[C@H]2[C@@H]3CCC4=CC(=O)C=C[C@]4(C)[C@@]3(F)[C@@H](O)C[C@]2(C)[C@H]1C(=O)COP(=O)(O)OP(=O)(O)OCCNC(=O)COC1C#CCCCCC1. The molecular weight excluding hydrogens is 695 g/mol. The molecule has 0 heterocycles. The summed E-state index contributed by atoms with van der Waals surface area (Å²) in [4.78, 5) is 57.9. The number of hydrogen-bond donors (Lipinski definition) is 4. The first-order valence-corrected chi connectivity index (χ1v) is 20.3. The molecule has 13 nitrogen and oxygen atoms in total. The second-order valence-electron chi connectivity index (χ2n) is 14.7. The highest BCUT2D eigenvalue weighted by Gasteiger charge is 2.71. The van der Waals surface area contributed by atoms with Crippen LogP contribution in [0.4, 0.5) is 4.39 Å². The standard InChI is InChI=1S/C34H48FNO12P2/c1-22-17-27-26-12-11-23-18-24(37)13-14-33(23,3)34(26,35)29(39)19-32(27,2)31(22)28(38)20-47-50(43,44)48-49(41,42)46-16-15-36-30(40)21-45-25-9-7-5-4-6-8-10-25/h13-14,18,22,25-27,29,31,39H,4-7,9,11-12,15-17,19-21H2,1-3H3,(H,36,40)(H,41,42)(H,43,44)/t22-,25?,26+,27+,29+,31-,32+,33+,34+/m1/s1. The molecule has 0 spiro atoms. The van der Waals surface area contributed by atoms with Gasteiger partial charge in [-0.15, -0.1) is 5.92 Å². The molecule has 11 atom stereocenters. The number of aliphatic hydroxyl groups excluding tert-OH is 1. The Bertz CT molecular complexity index is 1570. The van der Waals surface area contributed by atoms with Gasteiger partial charge in [0.2, 0.25) is 5.91 Å². The molecule has 3 unspecified atom stereocenters. The lowest BCUT2D eigenvalue weighted by atomic mass is 9.45. The van der Waals surface area contributed by atoms with Gasteiger partial charge in [-0.3, -0.25) is 23.4 Å². The zero-order valence-corrected chi connectivity index (χ0v) is 30.5. The number of ketones is 2. The highest BCUT2D eigenvalue weighted by Crippen LogP contribution is 2.70. The van der Waals surface area contributed by atoms with Crippen LogP contribution < -0.4 is 5.32 Å². The maximum atomic E-state index is 17.3. The molecule has 5 aliphatic rings. The number of carbonyl (C=O) groups is 3. The van der Waals surface area contributed by atoms with Crippen molar-refractivity contribution in [2.75, 3.05) is 26.4 Å². The molecule has 4 N–H and O–H groups in total. The number of fused-ring (bicyclic) bond motifs is 5. The third kappa shape index (κ3) is 7.97. The molecule has 5 rings (SSSR count). The highest BCUT2D eigenvalue weighted by atomic mass is 31.3. The van der Waals surface area contributed by atoms with E-state index >= 15 is 4.39 Å². The molecule has 0 saturated heterocycles. The lowest BCUT2D eigenvalue weighted by Crippen LogP contribution is -2.66. The number of allylic oxidation sites excluding steroid dienone is 4. The number of aliphatic hydroxyl groups is 1. The molecule has 3 saturated carbocycles. The lowest BCUT2D eigenvalue weighted by molar-refractivity contribution is -0.195. The first-order chi connectivity index (χ1) is 23.4. The maximum absolute atomic E-state index is 17.3. The van der Waals surface area contributed by atoms with E-state index in [-0.39, 0.29) is 43.3 Å². The summed E-state index contributed by atoms with van der Waals surface area (Å²) in [5.74, 6) is 2.68. The van der Waals surface area contributed by atoms with Crippen LogP contribution in [-0.4, -0.2) is 76.6 Å². The van der Waals surface area contributed by atoms with Crippen LogP contribution in [0.3, 0.4) is 0 Å². The molecule has 3 fully saturated rings. The first-order valence-electron chi connectivity index (χ1n) is 17.3. The van der Waals surface area contributed by atoms with Gasteiger partial charge in [-0.2, -0.15) is 4.31 Å². The molecule has 0 aliphatic heterocycles. The number of alkyl halides is 1. The van der Waals surface area contributed by atoms with E-state index in [1.807, 2.05) is 13.8 Å². The minimum atomic E-state index is -5.29. The molecule has 0 aromatic heterocycles. The van der Waals surface area contributed by atoms with Crippen LogP contribution in [0.15, 0.2) is 23.8 Å². The average Bonchev–Trinajstić information content (AvgIpc) is 3.27. The van der Waals surface area contributed by atoms with Gasteiger partial charge in [0, 0.05) is 30.2 Å². The molecule has 16 heteroatoms. The van der Waals surface area contributed by atoms with Crippen molar-refractivity contribution in [3.8, 4) is 11.8 Å². The Labute approximate surface area is 292 Å². The molecule has 0 aromatic carbocycles. The summed E-state index contributed by atoms with van der Waals surface area (Å²) in [6, 6.07) is 0. The average molecular weight is 744 g/mol. The number of ether oxygens (including phenoxy) is 1. The lowest BCUT2D eigenvalue weighted by Gasteiger charge is -2.62. The molecule has 0 radical (unpaired) electrons. The fraction of sp³-hybridized carbons (Fsp3) is 0.735. The number of phosphoric acid groups is 2. The van der Waals surface area contributed by atoms with Crippen molar-refractivity contribution in [3.63, 3.8) is 0 Å². The summed E-state index contributed by atoms with van der Waals surface area (Å²) in [6.07, 6.45) is 8.34. The number of Topliss-reactive ketones (excluding diaryl/α,β-unsaturated/α-hetero) is 1. The smallest absolute Gasteiger partial charge is 0.390 e. The van der Waals surface area contributed by atoms with Gasteiger partial charge in [0.05, 0.1) is 12.7 Å². The Hall–Kier alpha value is -2.04. The Morgan fingerprint density at radius 2 is 1.82 bits per heavy atom. The normalized spacial score (nSPS) is 38.8. The number of carbonyl (C=O) groups excluding carboxylic acids is 3. The summed E-state index contributed by atoms with van der Waals surface area (Å²) in [5.41, 5.74) is -3.47. The first kappa shape index (κ1) is 39.2. The van der Waals surface area contributed by atoms with Crippen molar-refractivity contribution >= 4 is 33.1 Å². The summed E-state index contributed by atoms with van der Waals surface area (Å²) in [6.45, 7) is 3.35. The van der Waals surface area contributed by atoms with E-state index in [0.29, 0.717) is 31.3 Å². The van der Waals surface area contributed by atoms with E-state index in [1.165, 1.54) is 12.2 Å². The summed E-state index contributed by atoms with van der Waals surface area (Å²) < 4.78 is 61.8. The quantitative estimate of drug-likeness (QED) is 0.117. The number of nitrogens with one attached hydrogen (secondary N) is 1. The summed E-state index contributed by atoms with van der Waals surface area (Å²) in [7, 11) is -10.5.